The summed E-state index contributed by atoms with van der Waals surface area (Å²) in [5.41, 5.74) is -3.28. The molecule has 0 aromatic heterocycles. The van der Waals surface area contributed by atoms with Crippen molar-refractivity contribution < 1.29 is 74.5 Å². The molecule has 0 saturated carbocycles. The quantitative estimate of drug-likeness (QED) is 0.527. The van der Waals surface area contributed by atoms with Crippen LogP contribution in [-0.2, 0) is 4.79 Å². The van der Waals surface area contributed by atoms with Crippen LogP contribution in [0, 0.1) is 0 Å². The molecule has 0 saturated heterocycles. The van der Waals surface area contributed by atoms with Crippen LogP contribution in [0.25, 0.3) is 0 Å². The van der Waals surface area contributed by atoms with Crippen molar-refractivity contribution in [2.75, 3.05) is 0 Å². The minimum atomic E-state index is -4.73. The van der Waals surface area contributed by atoms with Crippen molar-refractivity contribution in [2.24, 2.45) is 4.99 Å². The zero-order valence-electron chi connectivity index (χ0n) is 11.5. The largest absolute Gasteiger partial charge is 1.00 e. The van der Waals surface area contributed by atoms with Crippen molar-refractivity contribution in [1.82, 2.24) is 0 Å². The van der Waals surface area contributed by atoms with Gasteiger partial charge >= 0.3 is 57.6 Å². The number of hydrogen-bond donors (Lipinski definition) is 0. The first-order valence-corrected chi connectivity index (χ1v) is 5.64. The third kappa shape index (κ3) is 4.96. The van der Waals surface area contributed by atoms with E-state index in [9.17, 15) is 23.1 Å². The molecule has 1 aromatic carbocycles. The molecule has 0 fully saturated rings. The van der Waals surface area contributed by atoms with Crippen molar-refractivity contribution >= 4 is 11.7 Å². The molecular weight excluding hydrogens is 298 g/mol. The number of aliphatic carboxylic acids is 1. The maximum atomic E-state index is 13.0. The van der Waals surface area contributed by atoms with Crippen LogP contribution in [0.2, 0.25) is 0 Å². The van der Waals surface area contributed by atoms with Crippen molar-refractivity contribution in [3.63, 3.8) is 0 Å². The second-order valence-electron chi connectivity index (χ2n) is 4.24. The van der Waals surface area contributed by atoms with Gasteiger partial charge in [0.15, 0.2) is 0 Å². The van der Waals surface area contributed by atoms with E-state index in [1.807, 2.05) is 0 Å². The maximum absolute atomic E-state index is 13.0. The zero-order chi connectivity index (χ0) is 14.7. The van der Waals surface area contributed by atoms with E-state index in [2.05, 4.69) is 4.99 Å². The van der Waals surface area contributed by atoms with Gasteiger partial charge in [0.25, 0.3) is 0 Å². The SMILES string of the molecule is CC[C@@](C)(N=C(c1ccccc1)C(F)(F)F)C(=O)[O-].[K+]. The molecular formula is C13H13F3KNO2. The predicted molar refractivity (Wildman–Crippen MR) is 62.7 cm³/mol. The van der Waals surface area contributed by atoms with Crippen LogP contribution < -0.4 is 56.5 Å². The number of rotatable bonds is 4. The van der Waals surface area contributed by atoms with Crippen molar-refractivity contribution in [3.05, 3.63) is 35.9 Å². The van der Waals surface area contributed by atoms with Gasteiger partial charge in [0.05, 0.1) is 11.5 Å². The van der Waals surface area contributed by atoms with Crippen LogP contribution >= 0.6 is 0 Å². The van der Waals surface area contributed by atoms with E-state index in [1.165, 1.54) is 31.2 Å². The Hall–Kier alpha value is -0.214. The third-order valence-corrected chi connectivity index (χ3v) is 2.80. The van der Waals surface area contributed by atoms with Crippen LogP contribution in [0.3, 0.4) is 0 Å². The molecule has 0 N–H and O–H groups in total. The number of nitrogens with zero attached hydrogens (tertiary/aromatic N) is 1. The molecule has 0 amide bonds. The minimum absolute atomic E-state index is 0. The Morgan fingerprint density at radius 1 is 1.25 bits per heavy atom. The molecule has 0 heterocycles. The first-order valence-electron chi connectivity index (χ1n) is 5.64. The second-order valence-corrected chi connectivity index (χ2v) is 4.24. The third-order valence-electron chi connectivity index (χ3n) is 2.80. The van der Waals surface area contributed by atoms with Crippen molar-refractivity contribution in [1.29, 1.82) is 0 Å². The van der Waals surface area contributed by atoms with Crippen molar-refractivity contribution in [2.45, 2.75) is 32.0 Å². The molecule has 0 aliphatic heterocycles. The van der Waals surface area contributed by atoms with Gasteiger partial charge in [-0.1, -0.05) is 37.3 Å². The molecule has 1 atom stereocenters. The number of carboxylic acid groups (broad SMARTS) is 1. The van der Waals surface area contributed by atoms with E-state index in [-0.39, 0.29) is 63.4 Å². The van der Waals surface area contributed by atoms with Crippen LogP contribution in [0.1, 0.15) is 25.8 Å². The fraction of sp³-hybridized carbons (Fsp3) is 0.385. The number of carbonyl (C=O) groups excluding carboxylic acids is 1. The van der Waals surface area contributed by atoms with E-state index < -0.39 is 23.4 Å². The standard InChI is InChI=1S/C13H14F3NO2.K/c1-3-12(2,11(18)19)17-10(13(14,15)16)9-7-5-4-6-8-9;/h4-8H,3H2,1-2H3,(H,18,19);/q;+1/p-1/t12-;/m1./s1. The van der Waals surface area contributed by atoms with Gasteiger partial charge in [0, 0.05) is 5.56 Å². The minimum Gasteiger partial charge on any atom is -0.548 e. The van der Waals surface area contributed by atoms with Crippen LogP contribution in [0.5, 0.6) is 0 Å². The van der Waals surface area contributed by atoms with Crippen LogP contribution in [0.15, 0.2) is 35.3 Å². The zero-order valence-corrected chi connectivity index (χ0v) is 14.6. The first kappa shape index (κ1) is 19.8. The summed E-state index contributed by atoms with van der Waals surface area (Å²) in [5, 5.41) is 11.0. The molecule has 0 spiro atoms. The Balaban J connectivity index is 0.00000361. The number of hydrogen-bond acceptors (Lipinski definition) is 3. The van der Waals surface area contributed by atoms with Crippen LogP contribution in [-0.4, -0.2) is 23.4 Å². The van der Waals surface area contributed by atoms with E-state index in [0.29, 0.717) is 0 Å². The van der Waals surface area contributed by atoms with E-state index in [0.717, 1.165) is 6.92 Å². The molecule has 0 bridgehead atoms. The van der Waals surface area contributed by atoms with E-state index in [4.69, 9.17) is 0 Å². The summed E-state index contributed by atoms with van der Waals surface area (Å²) in [7, 11) is 0. The molecule has 3 nitrogen and oxygen atoms in total. The topological polar surface area (TPSA) is 52.5 Å². The fourth-order valence-electron chi connectivity index (χ4n) is 1.40. The van der Waals surface area contributed by atoms with Gasteiger partial charge in [-0.2, -0.15) is 13.2 Å². The molecule has 1 rings (SSSR count). The maximum Gasteiger partial charge on any atom is 1.00 e. The summed E-state index contributed by atoms with van der Waals surface area (Å²) in [4.78, 5) is 14.4. The average Bonchev–Trinajstić information content (AvgIpc) is 2.35. The van der Waals surface area contributed by atoms with Gasteiger partial charge in [0.1, 0.15) is 5.71 Å². The van der Waals surface area contributed by atoms with E-state index in [1.54, 1.807) is 6.07 Å². The van der Waals surface area contributed by atoms with E-state index >= 15 is 0 Å². The first-order chi connectivity index (χ1) is 8.70. The summed E-state index contributed by atoms with van der Waals surface area (Å²) in [6, 6.07) is 6.89. The number of halogens is 3. The van der Waals surface area contributed by atoms with Crippen molar-refractivity contribution in [3.8, 4) is 0 Å². The fourth-order valence-corrected chi connectivity index (χ4v) is 1.40. The van der Waals surface area contributed by atoms with Gasteiger partial charge in [-0.3, -0.25) is 4.99 Å². The Labute approximate surface area is 157 Å². The molecule has 0 aliphatic carbocycles. The van der Waals surface area contributed by atoms with Gasteiger partial charge < -0.3 is 9.90 Å². The van der Waals surface area contributed by atoms with Crippen LogP contribution in [0.4, 0.5) is 13.2 Å². The molecule has 0 unspecified atom stereocenters. The summed E-state index contributed by atoms with van der Waals surface area (Å²) >= 11 is 0. The summed E-state index contributed by atoms with van der Waals surface area (Å²) in [6.07, 6.45) is -4.82. The number of carbonyl (C=O) groups is 1. The Bertz CT molecular complexity index is 488. The summed E-state index contributed by atoms with van der Waals surface area (Å²) in [5.74, 6) is -1.63. The molecule has 0 radical (unpaired) electrons. The number of aliphatic imine (C=N–C) groups is 1. The number of benzene rings is 1. The number of alkyl halides is 3. The van der Waals surface area contributed by atoms with Gasteiger partial charge in [-0.25, -0.2) is 0 Å². The second kappa shape index (κ2) is 7.70. The molecule has 0 aliphatic rings. The smallest absolute Gasteiger partial charge is 0.548 e. The average molecular weight is 311 g/mol. The monoisotopic (exact) mass is 311 g/mol. The normalized spacial score (nSPS) is 15.2. The van der Waals surface area contributed by atoms with Gasteiger partial charge in [0.2, 0.25) is 0 Å². The Morgan fingerprint density at radius 3 is 2.10 bits per heavy atom. The predicted octanol–water partition coefficient (Wildman–Crippen LogP) is -1.04. The van der Waals surface area contributed by atoms with Gasteiger partial charge in [-0.15, -0.1) is 0 Å². The molecule has 104 valence electrons. The number of carboxylic acids is 1. The molecule has 1 aromatic rings. The molecule has 7 heteroatoms. The summed E-state index contributed by atoms with van der Waals surface area (Å²) in [6.45, 7) is 2.55. The Kier molecular flexibility index (Phi) is 7.62. The molecule has 20 heavy (non-hydrogen) atoms. The summed E-state index contributed by atoms with van der Waals surface area (Å²) < 4.78 is 39.0. The Morgan fingerprint density at radius 2 is 1.75 bits per heavy atom. The van der Waals surface area contributed by atoms with Gasteiger partial charge in [-0.05, 0) is 13.3 Å².